The van der Waals surface area contributed by atoms with Crippen LogP contribution in [0.5, 0.6) is 0 Å². The first-order chi connectivity index (χ1) is 16.2. The smallest absolute Gasteiger partial charge is 0.328 e. The summed E-state index contributed by atoms with van der Waals surface area (Å²) in [5.74, 6) is -4.33. The van der Waals surface area contributed by atoms with Gasteiger partial charge in [0.2, 0.25) is 0 Å². The summed E-state index contributed by atoms with van der Waals surface area (Å²) < 4.78 is 33.4. The molecule has 0 heterocycles. The minimum absolute atomic E-state index is 0.00740. The Morgan fingerprint density at radius 2 is 1.65 bits per heavy atom. The van der Waals surface area contributed by atoms with E-state index >= 15 is 0 Å². The van der Waals surface area contributed by atoms with Crippen molar-refractivity contribution in [1.29, 1.82) is 0 Å². The highest BCUT2D eigenvalue weighted by atomic mass is 127. The first-order valence-electron chi connectivity index (χ1n) is 9.97. The number of anilines is 2. The van der Waals surface area contributed by atoms with Crippen molar-refractivity contribution in [2.45, 2.75) is 12.5 Å². The molecular formula is C24H20F2IN3O4. The summed E-state index contributed by atoms with van der Waals surface area (Å²) in [5, 5.41) is 5.06. The lowest BCUT2D eigenvalue weighted by molar-refractivity contribution is -0.142. The largest absolute Gasteiger partial charge is 0.467 e. The van der Waals surface area contributed by atoms with E-state index in [0.717, 1.165) is 28.9 Å². The summed E-state index contributed by atoms with van der Waals surface area (Å²) in [6.07, 6.45) is -0.00740. The number of benzene rings is 3. The van der Waals surface area contributed by atoms with Crippen molar-refractivity contribution in [1.82, 2.24) is 5.32 Å². The van der Waals surface area contributed by atoms with E-state index in [0.29, 0.717) is 22.5 Å². The van der Waals surface area contributed by atoms with Gasteiger partial charge < -0.3 is 21.1 Å². The van der Waals surface area contributed by atoms with E-state index in [1.54, 1.807) is 42.5 Å². The molecule has 0 spiro atoms. The average molecular weight is 579 g/mol. The summed E-state index contributed by atoms with van der Waals surface area (Å²) in [7, 11) is 1.14. The number of amides is 2. The van der Waals surface area contributed by atoms with Crippen molar-refractivity contribution in [2.75, 3.05) is 18.2 Å². The van der Waals surface area contributed by atoms with E-state index in [-0.39, 0.29) is 12.3 Å². The number of esters is 1. The Morgan fingerprint density at radius 3 is 2.26 bits per heavy atom. The van der Waals surface area contributed by atoms with Crippen molar-refractivity contribution < 1.29 is 27.9 Å². The zero-order chi connectivity index (χ0) is 24.8. The van der Waals surface area contributed by atoms with Gasteiger partial charge in [-0.05, 0) is 70.6 Å². The number of nitrogens with two attached hydrogens (primary N) is 1. The number of ether oxygens (including phenoxy) is 1. The summed E-state index contributed by atoms with van der Waals surface area (Å²) in [4.78, 5) is 37.1. The average Bonchev–Trinajstić information content (AvgIpc) is 2.80. The zero-order valence-electron chi connectivity index (χ0n) is 17.9. The SMILES string of the molecule is COC(=O)[C@H](Cc1ccc(NC(=O)c2cc(I)ccc2N)cc1)NC(=O)c1c(F)cccc1F. The molecule has 176 valence electrons. The van der Waals surface area contributed by atoms with Gasteiger partial charge >= 0.3 is 5.97 Å². The fourth-order valence-corrected chi connectivity index (χ4v) is 3.66. The van der Waals surface area contributed by atoms with E-state index in [9.17, 15) is 23.2 Å². The lowest BCUT2D eigenvalue weighted by Crippen LogP contribution is -2.43. The Bertz CT molecular complexity index is 1220. The van der Waals surface area contributed by atoms with Gasteiger partial charge in [-0.3, -0.25) is 9.59 Å². The van der Waals surface area contributed by atoms with Crippen LogP contribution in [0.25, 0.3) is 0 Å². The Morgan fingerprint density at radius 1 is 1.00 bits per heavy atom. The van der Waals surface area contributed by atoms with Crippen LogP contribution in [0.1, 0.15) is 26.3 Å². The summed E-state index contributed by atoms with van der Waals surface area (Å²) >= 11 is 2.08. The number of hydrogen-bond donors (Lipinski definition) is 3. The van der Waals surface area contributed by atoms with Gasteiger partial charge in [0.15, 0.2) is 0 Å². The number of carbonyl (C=O) groups is 3. The predicted molar refractivity (Wildman–Crippen MR) is 131 cm³/mol. The lowest BCUT2D eigenvalue weighted by Gasteiger charge is -2.17. The van der Waals surface area contributed by atoms with Crippen molar-refractivity contribution in [3.8, 4) is 0 Å². The Balaban J connectivity index is 1.72. The molecule has 0 unspecified atom stereocenters. The van der Waals surface area contributed by atoms with Crippen LogP contribution in [0.4, 0.5) is 20.2 Å². The molecule has 1 atom stereocenters. The fraction of sp³-hybridized carbons (Fsp3) is 0.125. The number of nitrogen functional groups attached to an aromatic ring is 1. The molecule has 0 aromatic heterocycles. The maximum absolute atomic E-state index is 13.9. The monoisotopic (exact) mass is 579 g/mol. The van der Waals surface area contributed by atoms with Crippen LogP contribution in [-0.2, 0) is 16.0 Å². The number of halogens is 3. The van der Waals surface area contributed by atoms with Gasteiger partial charge in [-0.25, -0.2) is 13.6 Å². The fourth-order valence-electron chi connectivity index (χ4n) is 3.16. The molecule has 7 nitrogen and oxygen atoms in total. The second-order valence-electron chi connectivity index (χ2n) is 7.23. The van der Waals surface area contributed by atoms with E-state index < -0.39 is 35.1 Å². The molecule has 0 saturated carbocycles. The highest BCUT2D eigenvalue weighted by Crippen LogP contribution is 2.19. The molecule has 0 aliphatic heterocycles. The molecule has 3 aromatic carbocycles. The zero-order valence-corrected chi connectivity index (χ0v) is 20.1. The molecule has 3 rings (SSSR count). The van der Waals surface area contributed by atoms with Crippen molar-refractivity contribution >= 4 is 51.7 Å². The maximum Gasteiger partial charge on any atom is 0.328 e. The molecule has 4 N–H and O–H groups in total. The van der Waals surface area contributed by atoms with Gasteiger partial charge in [0.25, 0.3) is 11.8 Å². The van der Waals surface area contributed by atoms with E-state index in [1.807, 2.05) is 0 Å². The van der Waals surface area contributed by atoms with Crippen LogP contribution in [0.15, 0.2) is 60.7 Å². The van der Waals surface area contributed by atoms with Gasteiger partial charge in [0.05, 0.1) is 12.7 Å². The Kier molecular flexibility index (Phi) is 8.16. The first-order valence-corrected chi connectivity index (χ1v) is 11.1. The Labute approximate surface area is 207 Å². The molecule has 0 aliphatic carbocycles. The molecule has 0 saturated heterocycles. The standard InChI is InChI=1S/C24H20F2IN3O4/c1-34-24(33)20(30-23(32)21-17(25)3-2-4-18(21)26)11-13-5-8-15(9-6-13)29-22(31)16-12-14(27)7-10-19(16)28/h2-10,12,20H,11,28H2,1H3,(H,29,31)(H,30,32)/t20-/m0/s1. The predicted octanol–water partition coefficient (Wildman–Crippen LogP) is 3.92. The topological polar surface area (TPSA) is 111 Å². The molecule has 34 heavy (non-hydrogen) atoms. The molecule has 10 heteroatoms. The van der Waals surface area contributed by atoms with E-state index in [1.165, 1.54) is 0 Å². The van der Waals surface area contributed by atoms with Crippen LogP contribution in [0.2, 0.25) is 0 Å². The third-order valence-electron chi connectivity index (χ3n) is 4.89. The number of nitrogens with one attached hydrogen (secondary N) is 2. The minimum atomic E-state index is -1.19. The molecule has 0 aliphatic rings. The normalized spacial score (nSPS) is 11.4. The van der Waals surface area contributed by atoms with Gasteiger partial charge in [-0.2, -0.15) is 0 Å². The van der Waals surface area contributed by atoms with Crippen LogP contribution in [0, 0.1) is 15.2 Å². The number of hydrogen-bond acceptors (Lipinski definition) is 5. The summed E-state index contributed by atoms with van der Waals surface area (Å²) in [6.45, 7) is 0. The third-order valence-corrected chi connectivity index (χ3v) is 5.56. The second-order valence-corrected chi connectivity index (χ2v) is 8.48. The van der Waals surface area contributed by atoms with Crippen LogP contribution in [-0.4, -0.2) is 30.9 Å². The van der Waals surface area contributed by atoms with Gasteiger partial charge in [0, 0.05) is 21.4 Å². The first kappa shape index (κ1) is 25.1. The molecule has 0 radical (unpaired) electrons. The highest BCUT2D eigenvalue weighted by Gasteiger charge is 2.26. The van der Waals surface area contributed by atoms with Crippen molar-refractivity contribution in [2.24, 2.45) is 0 Å². The minimum Gasteiger partial charge on any atom is -0.467 e. The quantitative estimate of drug-likeness (QED) is 0.224. The Hall–Kier alpha value is -3.54. The third kappa shape index (κ3) is 6.07. The van der Waals surface area contributed by atoms with E-state index in [4.69, 9.17) is 10.5 Å². The number of rotatable bonds is 7. The van der Waals surface area contributed by atoms with Gasteiger partial charge in [-0.1, -0.05) is 18.2 Å². The summed E-state index contributed by atoms with van der Waals surface area (Å²) in [6, 6.07) is 13.4. The van der Waals surface area contributed by atoms with Crippen LogP contribution >= 0.6 is 22.6 Å². The number of methoxy groups -OCH3 is 1. The van der Waals surface area contributed by atoms with E-state index in [2.05, 4.69) is 33.2 Å². The maximum atomic E-state index is 13.9. The van der Waals surface area contributed by atoms with Crippen LogP contribution < -0.4 is 16.4 Å². The molecule has 0 bridgehead atoms. The highest BCUT2D eigenvalue weighted by molar-refractivity contribution is 14.1. The molecule has 3 aromatic rings. The van der Waals surface area contributed by atoms with Gasteiger partial charge in [0.1, 0.15) is 23.2 Å². The van der Waals surface area contributed by atoms with Crippen molar-refractivity contribution in [3.05, 3.63) is 92.6 Å². The summed E-state index contributed by atoms with van der Waals surface area (Å²) in [5.41, 5.74) is 6.86. The lowest BCUT2D eigenvalue weighted by atomic mass is 10.0. The molecule has 0 fully saturated rings. The number of carbonyl (C=O) groups excluding carboxylic acids is 3. The molecule has 2 amide bonds. The second kappa shape index (κ2) is 11.1. The van der Waals surface area contributed by atoms with Gasteiger partial charge in [-0.15, -0.1) is 0 Å². The van der Waals surface area contributed by atoms with Crippen molar-refractivity contribution in [3.63, 3.8) is 0 Å². The molecular weight excluding hydrogens is 559 g/mol. The van der Waals surface area contributed by atoms with Crippen LogP contribution in [0.3, 0.4) is 0 Å².